The van der Waals surface area contributed by atoms with Gasteiger partial charge in [-0.15, -0.1) is 0 Å². The second-order valence-electron chi connectivity index (χ2n) is 10.2. The smallest absolute Gasteiger partial charge is 0.306 e. The minimum Gasteiger partial charge on any atom is -0.481 e. The molecule has 0 bridgehead atoms. The second kappa shape index (κ2) is 8.41. The molecule has 0 spiro atoms. The first kappa shape index (κ1) is 22.4. The molecule has 3 aliphatic carbocycles. The van der Waals surface area contributed by atoms with Crippen molar-refractivity contribution in [1.29, 1.82) is 0 Å². The summed E-state index contributed by atoms with van der Waals surface area (Å²) in [7, 11) is 0. The molecule has 1 aromatic heterocycles. The Kier molecular flexibility index (Phi) is 5.69. The van der Waals surface area contributed by atoms with Crippen LogP contribution in [0.25, 0.3) is 5.57 Å². The van der Waals surface area contributed by atoms with Crippen LogP contribution in [0, 0.1) is 11.3 Å². The highest BCUT2D eigenvalue weighted by molar-refractivity contribution is 6.34. The SMILES string of the molecule is CC1(CO)CCc2c(C3=CCC(C(=O)O)CC3)nn(C(=O)c3c(Cl)cccc3C3CC3)c2C1. The molecule has 33 heavy (non-hydrogen) atoms. The van der Waals surface area contributed by atoms with Gasteiger partial charge < -0.3 is 10.2 Å². The first-order chi connectivity index (χ1) is 15.8. The van der Waals surface area contributed by atoms with Crippen molar-refractivity contribution in [3.63, 3.8) is 0 Å². The molecule has 6 nitrogen and oxygen atoms in total. The van der Waals surface area contributed by atoms with Crippen LogP contribution in [0.2, 0.25) is 5.02 Å². The molecule has 0 aliphatic heterocycles. The molecule has 5 rings (SSSR count). The van der Waals surface area contributed by atoms with Gasteiger partial charge in [-0.25, -0.2) is 0 Å². The molecule has 7 heteroatoms. The highest BCUT2D eigenvalue weighted by Gasteiger charge is 2.38. The summed E-state index contributed by atoms with van der Waals surface area (Å²) >= 11 is 6.54. The second-order valence-corrected chi connectivity index (χ2v) is 10.6. The van der Waals surface area contributed by atoms with Gasteiger partial charge in [0, 0.05) is 12.2 Å². The van der Waals surface area contributed by atoms with Gasteiger partial charge in [0.1, 0.15) is 0 Å². The number of hydrogen-bond acceptors (Lipinski definition) is 4. The highest BCUT2D eigenvalue weighted by atomic mass is 35.5. The van der Waals surface area contributed by atoms with Crippen molar-refractivity contribution in [1.82, 2.24) is 9.78 Å². The highest BCUT2D eigenvalue weighted by Crippen LogP contribution is 2.44. The fourth-order valence-corrected chi connectivity index (χ4v) is 5.55. The maximum Gasteiger partial charge on any atom is 0.306 e. The Balaban J connectivity index is 1.60. The maximum atomic E-state index is 13.9. The van der Waals surface area contributed by atoms with Crippen LogP contribution in [0.15, 0.2) is 24.3 Å². The number of carboxylic acids is 1. The summed E-state index contributed by atoms with van der Waals surface area (Å²) in [5.74, 6) is -0.981. The van der Waals surface area contributed by atoms with E-state index in [2.05, 4.69) is 0 Å². The van der Waals surface area contributed by atoms with Gasteiger partial charge in [0.05, 0.1) is 27.9 Å². The lowest BCUT2D eigenvalue weighted by Gasteiger charge is -2.32. The van der Waals surface area contributed by atoms with E-state index in [1.165, 1.54) is 4.68 Å². The number of allylic oxidation sites excluding steroid dienone is 2. The Bertz CT molecular complexity index is 1160. The fourth-order valence-electron chi connectivity index (χ4n) is 5.29. The number of hydrogen-bond donors (Lipinski definition) is 2. The number of aliphatic hydroxyl groups excluding tert-OH is 1. The van der Waals surface area contributed by atoms with Gasteiger partial charge in [-0.2, -0.15) is 9.78 Å². The maximum absolute atomic E-state index is 13.9. The Morgan fingerprint density at radius 2 is 2.03 bits per heavy atom. The van der Waals surface area contributed by atoms with E-state index in [1.807, 2.05) is 25.1 Å². The van der Waals surface area contributed by atoms with E-state index in [0.717, 1.165) is 53.8 Å². The van der Waals surface area contributed by atoms with Crippen LogP contribution >= 0.6 is 11.6 Å². The van der Waals surface area contributed by atoms with Gasteiger partial charge in [-0.1, -0.05) is 36.7 Å². The lowest BCUT2D eigenvalue weighted by atomic mass is 9.74. The van der Waals surface area contributed by atoms with Crippen molar-refractivity contribution in [2.45, 2.75) is 64.2 Å². The van der Waals surface area contributed by atoms with Crippen molar-refractivity contribution in [2.75, 3.05) is 6.61 Å². The van der Waals surface area contributed by atoms with Crippen molar-refractivity contribution in [3.05, 3.63) is 57.4 Å². The number of carboxylic acid groups (broad SMARTS) is 1. The molecular formula is C26H29ClN2O4. The predicted molar refractivity (Wildman–Crippen MR) is 126 cm³/mol. The van der Waals surface area contributed by atoms with Crippen LogP contribution in [0.5, 0.6) is 0 Å². The van der Waals surface area contributed by atoms with Crippen molar-refractivity contribution >= 4 is 29.1 Å². The first-order valence-electron chi connectivity index (χ1n) is 11.8. The molecule has 0 saturated heterocycles. The number of fused-ring (bicyclic) bond motifs is 1. The topological polar surface area (TPSA) is 92.4 Å². The molecular weight excluding hydrogens is 440 g/mol. The summed E-state index contributed by atoms with van der Waals surface area (Å²) in [4.78, 5) is 25.3. The number of halogens is 1. The molecule has 1 aromatic carbocycles. The summed E-state index contributed by atoms with van der Waals surface area (Å²) in [6.45, 7) is 2.09. The normalized spacial score (nSPS) is 24.8. The average molecular weight is 469 g/mol. The minimum atomic E-state index is -0.766. The Hall–Kier alpha value is -2.44. The lowest BCUT2D eigenvalue weighted by Crippen LogP contribution is -2.32. The number of benzene rings is 1. The minimum absolute atomic E-state index is 0.0452. The number of aliphatic carboxylic acids is 1. The van der Waals surface area contributed by atoms with E-state index in [-0.39, 0.29) is 23.8 Å². The van der Waals surface area contributed by atoms with Crippen LogP contribution in [0.1, 0.15) is 84.2 Å². The molecule has 2 atom stereocenters. The third kappa shape index (κ3) is 4.04. The predicted octanol–water partition coefficient (Wildman–Crippen LogP) is 4.86. The third-order valence-corrected chi connectivity index (χ3v) is 7.89. The van der Waals surface area contributed by atoms with Crippen LogP contribution < -0.4 is 0 Å². The zero-order valence-corrected chi connectivity index (χ0v) is 19.6. The van der Waals surface area contributed by atoms with Gasteiger partial charge in [0.25, 0.3) is 5.91 Å². The van der Waals surface area contributed by atoms with Crippen LogP contribution in [-0.2, 0) is 17.6 Å². The van der Waals surface area contributed by atoms with Crippen molar-refractivity contribution in [2.24, 2.45) is 11.3 Å². The number of aromatic nitrogens is 2. The van der Waals surface area contributed by atoms with E-state index in [1.54, 1.807) is 6.07 Å². The van der Waals surface area contributed by atoms with Crippen molar-refractivity contribution < 1.29 is 19.8 Å². The number of carbonyl (C=O) groups excluding carboxylic acids is 1. The fraction of sp³-hybridized carbons (Fsp3) is 0.500. The summed E-state index contributed by atoms with van der Waals surface area (Å²) in [6, 6.07) is 5.64. The summed E-state index contributed by atoms with van der Waals surface area (Å²) in [5.41, 5.74) is 4.93. The van der Waals surface area contributed by atoms with E-state index >= 15 is 0 Å². The van der Waals surface area contributed by atoms with E-state index in [9.17, 15) is 19.8 Å². The summed E-state index contributed by atoms with van der Waals surface area (Å²) < 4.78 is 1.52. The quantitative estimate of drug-likeness (QED) is 0.653. The van der Waals surface area contributed by atoms with Gasteiger partial charge in [-0.3, -0.25) is 9.59 Å². The van der Waals surface area contributed by atoms with Gasteiger partial charge in [0.15, 0.2) is 0 Å². The van der Waals surface area contributed by atoms with Gasteiger partial charge in [0.2, 0.25) is 0 Å². The number of nitrogens with zero attached hydrogens (tertiary/aromatic N) is 2. The molecule has 2 unspecified atom stereocenters. The number of aliphatic hydroxyl groups is 1. The Morgan fingerprint density at radius 1 is 1.24 bits per heavy atom. The largest absolute Gasteiger partial charge is 0.481 e. The van der Waals surface area contributed by atoms with Crippen LogP contribution in [-0.4, -0.2) is 38.5 Å². The van der Waals surface area contributed by atoms with Crippen molar-refractivity contribution in [3.8, 4) is 0 Å². The number of carbonyl (C=O) groups is 2. The zero-order valence-electron chi connectivity index (χ0n) is 18.8. The lowest BCUT2D eigenvalue weighted by molar-refractivity contribution is -0.141. The monoisotopic (exact) mass is 468 g/mol. The van der Waals surface area contributed by atoms with E-state index in [4.69, 9.17) is 16.7 Å². The first-order valence-corrected chi connectivity index (χ1v) is 12.2. The molecule has 1 heterocycles. The molecule has 0 radical (unpaired) electrons. The molecule has 1 fully saturated rings. The third-order valence-electron chi connectivity index (χ3n) is 7.58. The van der Waals surface area contributed by atoms with E-state index < -0.39 is 5.97 Å². The van der Waals surface area contributed by atoms with Crippen LogP contribution in [0.4, 0.5) is 0 Å². The standard InChI is InChI=1S/C26H29ClN2O4/c1-26(14-30)12-11-19-21(13-26)29(28-23(19)16-7-9-17(10-8-16)25(32)33)24(31)22-18(15-5-6-15)3-2-4-20(22)27/h2-4,7,15,17,30H,5-6,8-14H2,1H3,(H,32,33). The van der Waals surface area contributed by atoms with Crippen LogP contribution in [0.3, 0.4) is 0 Å². The van der Waals surface area contributed by atoms with E-state index in [0.29, 0.717) is 42.2 Å². The summed E-state index contributed by atoms with van der Waals surface area (Å²) in [6.07, 6.45) is 7.88. The Labute approximate surface area is 198 Å². The van der Waals surface area contributed by atoms with Gasteiger partial charge >= 0.3 is 5.97 Å². The molecule has 0 amide bonds. The summed E-state index contributed by atoms with van der Waals surface area (Å²) in [5, 5.41) is 24.6. The molecule has 1 saturated carbocycles. The molecule has 174 valence electrons. The average Bonchev–Trinajstić information content (AvgIpc) is 3.59. The molecule has 3 aliphatic rings. The molecule has 2 aromatic rings. The zero-order chi connectivity index (χ0) is 23.3. The van der Waals surface area contributed by atoms with Gasteiger partial charge in [-0.05, 0) is 79.9 Å². The molecule has 2 N–H and O–H groups in total. The number of rotatable bonds is 5. The Morgan fingerprint density at radius 3 is 2.67 bits per heavy atom.